The van der Waals surface area contributed by atoms with E-state index in [4.69, 9.17) is 33.3 Å². The Morgan fingerprint density at radius 2 is 2.03 bits per heavy atom. The standard InChI is InChI=1S/C19H13ClF3NO4S2/c20-13-5-3-10(19(21,22)23)8-12(13)14-6-4-11(28-14)9-15-17(27)24(18(29)30-15)7-1-2-16(25)26/h3-6,8-9H,1-2,7H2,(H,25,26)/b15-9+. The highest BCUT2D eigenvalue weighted by Gasteiger charge is 2.33. The molecule has 2 heterocycles. The molecule has 0 unspecified atom stereocenters. The first-order valence-corrected chi connectivity index (χ1v) is 10.1. The van der Waals surface area contributed by atoms with Gasteiger partial charge in [-0.15, -0.1) is 0 Å². The average molecular weight is 476 g/mol. The Hall–Kier alpha value is -2.30. The maximum Gasteiger partial charge on any atom is 0.416 e. The third-order valence-electron chi connectivity index (χ3n) is 4.11. The van der Waals surface area contributed by atoms with Crippen LogP contribution in [0.25, 0.3) is 17.4 Å². The lowest BCUT2D eigenvalue weighted by Crippen LogP contribution is -2.29. The summed E-state index contributed by atoms with van der Waals surface area (Å²) >= 11 is 12.2. The first-order valence-electron chi connectivity index (χ1n) is 8.50. The number of carboxylic acid groups (broad SMARTS) is 1. The quantitative estimate of drug-likeness (QED) is 0.428. The molecular formula is C19H13ClF3NO4S2. The molecule has 1 aromatic carbocycles. The SMILES string of the molecule is O=C(O)CCCN1C(=O)/C(=C\c2ccc(-c3cc(C(F)(F)F)ccc3Cl)o2)SC1=S. The van der Waals surface area contributed by atoms with E-state index in [0.717, 1.165) is 30.0 Å². The van der Waals surface area contributed by atoms with Crippen LogP contribution >= 0.6 is 35.6 Å². The minimum absolute atomic E-state index is 0.0763. The van der Waals surface area contributed by atoms with E-state index in [-0.39, 0.29) is 52.3 Å². The van der Waals surface area contributed by atoms with Crippen molar-refractivity contribution in [2.24, 2.45) is 0 Å². The second kappa shape index (κ2) is 8.83. The van der Waals surface area contributed by atoms with Gasteiger partial charge in [-0.2, -0.15) is 13.2 Å². The van der Waals surface area contributed by atoms with Gasteiger partial charge in [-0.05, 0) is 36.8 Å². The highest BCUT2D eigenvalue weighted by Crippen LogP contribution is 2.38. The molecule has 3 rings (SSSR count). The first-order chi connectivity index (χ1) is 14.1. The molecule has 1 aliphatic heterocycles. The monoisotopic (exact) mass is 475 g/mol. The molecular weight excluding hydrogens is 463 g/mol. The molecule has 0 aliphatic carbocycles. The highest BCUT2D eigenvalue weighted by molar-refractivity contribution is 8.26. The van der Waals surface area contributed by atoms with Crippen molar-refractivity contribution in [2.75, 3.05) is 6.54 Å². The number of furan rings is 1. The topological polar surface area (TPSA) is 70.8 Å². The van der Waals surface area contributed by atoms with Gasteiger partial charge in [-0.25, -0.2) is 0 Å². The van der Waals surface area contributed by atoms with Gasteiger partial charge >= 0.3 is 12.1 Å². The van der Waals surface area contributed by atoms with Crippen molar-refractivity contribution in [3.63, 3.8) is 0 Å². The molecule has 158 valence electrons. The van der Waals surface area contributed by atoms with Crippen LogP contribution in [-0.2, 0) is 15.8 Å². The summed E-state index contributed by atoms with van der Waals surface area (Å²) in [5.74, 6) is -0.989. The van der Waals surface area contributed by atoms with Gasteiger partial charge in [0.05, 0.1) is 15.5 Å². The average Bonchev–Trinajstić information content (AvgIpc) is 3.21. The van der Waals surface area contributed by atoms with Crippen molar-refractivity contribution in [1.29, 1.82) is 0 Å². The van der Waals surface area contributed by atoms with Crippen LogP contribution in [-0.4, -0.2) is 32.7 Å². The molecule has 1 aliphatic rings. The predicted octanol–water partition coefficient (Wildman–Crippen LogP) is 5.68. The van der Waals surface area contributed by atoms with Gasteiger partial charge in [-0.3, -0.25) is 14.5 Å². The lowest BCUT2D eigenvalue weighted by molar-refractivity contribution is -0.138. The van der Waals surface area contributed by atoms with Crippen molar-refractivity contribution in [3.05, 3.63) is 51.6 Å². The van der Waals surface area contributed by atoms with Gasteiger partial charge < -0.3 is 9.52 Å². The number of amides is 1. The molecule has 0 radical (unpaired) electrons. The van der Waals surface area contributed by atoms with Crippen molar-refractivity contribution in [3.8, 4) is 11.3 Å². The number of carbonyl (C=O) groups is 2. The van der Waals surface area contributed by atoms with E-state index < -0.39 is 17.7 Å². The molecule has 1 amide bonds. The Balaban J connectivity index is 1.80. The van der Waals surface area contributed by atoms with Crippen LogP contribution < -0.4 is 0 Å². The predicted molar refractivity (Wildman–Crippen MR) is 111 cm³/mol. The van der Waals surface area contributed by atoms with Gasteiger partial charge in [0.25, 0.3) is 5.91 Å². The summed E-state index contributed by atoms with van der Waals surface area (Å²) in [5, 5.41) is 8.80. The Kier molecular flexibility index (Phi) is 6.59. The summed E-state index contributed by atoms with van der Waals surface area (Å²) in [7, 11) is 0. The van der Waals surface area contributed by atoms with Crippen LogP contribution in [0.15, 0.2) is 39.7 Å². The molecule has 1 fully saturated rings. The van der Waals surface area contributed by atoms with Crippen LogP contribution in [0.4, 0.5) is 13.2 Å². The number of thiocarbonyl (C=S) groups is 1. The summed E-state index contributed by atoms with van der Waals surface area (Å²) < 4.78 is 44.8. The van der Waals surface area contributed by atoms with Crippen molar-refractivity contribution in [1.82, 2.24) is 4.90 Å². The number of halogens is 4. The maximum absolute atomic E-state index is 13.0. The molecule has 11 heteroatoms. The second-order valence-corrected chi connectivity index (χ2v) is 8.31. The summed E-state index contributed by atoms with van der Waals surface area (Å²) in [5.41, 5.74) is -0.783. The van der Waals surface area contributed by atoms with Crippen LogP contribution in [0.1, 0.15) is 24.2 Å². The Morgan fingerprint density at radius 1 is 1.30 bits per heavy atom. The Morgan fingerprint density at radius 3 is 2.70 bits per heavy atom. The molecule has 0 saturated carbocycles. The molecule has 30 heavy (non-hydrogen) atoms. The van der Waals surface area contributed by atoms with E-state index in [9.17, 15) is 22.8 Å². The number of hydrogen-bond acceptors (Lipinski definition) is 5. The van der Waals surface area contributed by atoms with Crippen LogP contribution in [0.2, 0.25) is 5.02 Å². The van der Waals surface area contributed by atoms with Crippen LogP contribution in [0.5, 0.6) is 0 Å². The second-order valence-electron chi connectivity index (χ2n) is 6.23. The molecule has 0 bridgehead atoms. The summed E-state index contributed by atoms with van der Waals surface area (Å²) in [6.45, 7) is 0.178. The molecule has 2 aromatic rings. The zero-order valence-electron chi connectivity index (χ0n) is 15.0. The van der Waals surface area contributed by atoms with Gasteiger partial charge in [0, 0.05) is 24.6 Å². The summed E-state index contributed by atoms with van der Waals surface area (Å²) in [6, 6.07) is 5.88. The number of nitrogens with zero attached hydrogens (tertiary/aromatic N) is 1. The van der Waals surface area contributed by atoms with E-state index in [1.54, 1.807) is 0 Å². The molecule has 1 aromatic heterocycles. The molecule has 5 nitrogen and oxygen atoms in total. The smallest absolute Gasteiger partial charge is 0.416 e. The van der Waals surface area contributed by atoms with Crippen molar-refractivity contribution < 1.29 is 32.3 Å². The number of aliphatic carboxylic acids is 1. The number of benzene rings is 1. The number of thioether (sulfide) groups is 1. The fourth-order valence-corrected chi connectivity index (χ4v) is 4.18. The minimum Gasteiger partial charge on any atom is -0.481 e. The zero-order chi connectivity index (χ0) is 22.1. The van der Waals surface area contributed by atoms with E-state index in [1.165, 1.54) is 23.1 Å². The fourth-order valence-electron chi connectivity index (χ4n) is 2.68. The largest absolute Gasteiger partial charge is 0.481 e. The van der Waals surface area contributed by atoms with E-state index in [2.05, 4.69) is 0 Å². The lowest BCUT2D eigenvalue weighted by Gasteiger charge is -2.13. The Bertz CT molecular complexity index is 1050. The minimum atomic E-state index is -4.52. The number of rotatable bonds is 6. The van der Waals surface area contributed by atoms with Crippen molar-refractivity contribution >= 4 is 57.9 Å². The van der Waals surface area contributed by atoms with Crippen LogP contribution in [0.3, 0.4) is 0 Å². The van der Waals surface area contributed by atoms with Gasteiger partial charge in [-0.1, -0.05) is 35.6 Å². The molecule has 0 atom stereocenters. The fraction of sp³-hybridized carbons (Fsp3) is 0.211. The first kappa shape index (κ1) is 22.4. The van der Waals surface area contributed by atoms with E-state index in [1.807, 2.05) is 0 Å². The number of carboxylic acids is 1. The molecule has 1 N–H and O–H groups in total. The third-order valence-corrected chi connectivity index (χ3v) is 5.81. The van der Waals surface area contributed by atoms with E-state index in [0.29, 0.717) is 4.32 Å². The molecule has 1 saturated heterocycles. The normalized spacial score (nSPS) is 16.0. The zero-order valence-corrected chi connectivity index (χ0v) is 17.4. The van der Waals surface area contributed by atoms with E-state index >= 15 is 0 Å². The highest BCUT2D eigenvalue weighted by atomic mass is 35.5. The number of alkyl halides is 3. The lowest BCUT2D eigenvalue weighted by atomic mass is 10.1. The van der Waals surface area contributed by atoms with Gasteiger partial charge in [0.15, 0.2) is 0 Å². The summed E-state index contributed by atoms with van der Waals surface area (Å²) in [4.78, 5) is 24.7. The van der Waals surface area contributed by atoms with Crippen LogP contribution in [0, 0.1) is 0 Å². The summed E-state index contributed by atoms with van der Waals surface area (Å²) in [6.07, 6.45) is -2.92. The van der Waals surface area contributed by atoms with Crippen molar-refractivity contribution in [2.45, 2.75) is 19.0 Å². The number of carbonyl (C=O) groups excluding carboxylic acids is 1. The Labute approximate surface area is 183 Å². The molecule has 0 spiro atoms. The van der Waals surface area contributed by atoms with Gasteiger partial charge in [0.2, 0.25) is 0 Å². The maximum atomic E-state index is 13.0. The number of hydrogen-bond donors (Lipinski definition) is 1. The van der Waals surface area contributed by atoms with Gasteiger partial charge in [0.1, 0.15) is 15.8 Å². The third kappa shape index (κ3) is 5.05.